The first kappa shape index (κ1) is 16.0. The second-order valence-corrected chi connectivity index (χ2v) is 7.98. The smallest absolute Gasteiger partial charge is 0.387 e. The summed E-state index contributed by atoms with van der Waals surface area (Å²) in [6.45, 7) is 4.16. The van der Waals surface area contributed by atoms with E-state index in [0.717, 1.165) is 6.07 Å². The van der Waals surface area contributed by atoms with E-state index in [-0.39, 0.29) is 10.8 Å². The van der Waals surface area contributed by atoms with Crippen LogP contribution in [0.2, 0.25) is 0 Å². The van der Waals surface area contributed by atoms with Gasteiger partial charge in [-0.1, -0.05) is 32.0 Å². The highest BCUT2D eigenvalue weighted by atomic mass is 32.2. The number of rotatable bonds is 2. The summed E-state index contributed by atoms with van der Waals surface area (Å²) in [5.41, 5.74) is -0.746. The maximum atomic E-state index is 13.0. The predicted molar refractivity (Wildman–Crippen MR) is 79.2 cm³/mol. The molecule has 0 saturated carbocycles. The Labute approximate surface area is 125 Å². The van der Waals surface area contributed by atoms with E-state index in [0.29, 0.717) is 16.3 Å². The first-order valence-electron chi connectivity index (χ1n) is 6.42. The number of aliphatic hydroxyl groups is 1. The van der Waals surface area contributed by atoms with Gasteiger partial charge in [0.25, 0.3) is 0 Å². The molecule has 6 heteroatoms. The fraction of sp³-hybridized carbons (Fsp3) is 0.571. The molecular formula is C14H17F3OS2. The van der Waals surface area contributed by atoms with E-state index in [2.05, 4.69) is 13.8 Å². The van der Waals surface area contributed by atoms with E-state index in [1.54, 1.807) is 29.6 Å². The number of alkyl halides is 3. The van der Waals surface area contributed by atoms with E-state index in [9.17, 15) is 18.3 Å². The summed E-state index contributed by atoms with van der Waals surface area (Å²) in [5.74, 6) is 0.670. The SMILES string of the molecule is CC1SCC(C(O)c2ccccc2C(F)(F)F)SC1C. The van der Waals surface area contributed by atoms with Crippen LogP contribution in [0, 0.1) is 0 Å². The van der Waals surface area contributed by atoms with Crippen LogP contribution >= 0.6 is 23.5 Å². The number of hydrogen-bond donors (Lipinski definition) is 1. The molecule has 1 nitrogen and oxygen atoms in total. The summed E-state index contributed by atoms with van der Waals surface area (Å²) in [4.78, 5) is 0. The Hall–Kier alpha value is -0.330. The van der Waals surface area contributed by atoms with Gasteiger partial charge in [0, 0.05) is 21.5 Å². The van der Waals surface area contributed by atoms with Crippen molar-refractivity contribution < 1.29 is 18.3 Å². The first-order valence-corrected chi connectivity index (χ1v) is 8.41. The van der Waals surface area contributed by atoms with Crippen LogP contribution in [-0.4, -0.2) is 26.6 Å². The molecule has 1 heterocycles. The Morgan fingerprint density at radius 2 is 1.85 bits per heavy atom. The van der Waals surface area contributed by atoms with E-state index in [4.69, 9.17) is 0 Å². The quantitative estimate of drug-likeness (QED) is 0.873. The number of hydrogen-bond acceptors (Lipinski definition) is 3. The Bertz CT molecular complexity index is 464. The van der Waals surface area contributed by atoms with Crippen molar-refractivity contribution in [3.05, 3.63) is 35.4 Å². The molecular weight excluding hydrogens is 305 g/mol. The van der Waals surface area contributed by atoms with Gasteiger partial charge in [-0.05, 0) is 11.6 Å². The van der Waals surface area contributed by atoms with Crippen molar-refractivity contribution in [3.63, 3.8) is 0 Å². The molecule has 20 heavy (non-hydrogen) atoms. The molecule has 0 bridgehead atoms. The average molecular weight is 322 g/mol. The third-order valence-corrected chi connectivity index (χ3v) is 6.99. The fourth-order valence-electron chi connectivity index (χ4n) is 2.19. The number of benzene rings is 1. The van der Waals surface area contributed by atoms with Crippen LogP contribution < -0.4 is 0 Å². The van der Waals surface area contributed by atoms with Crippen molar-refractivity contribution in [1.82, 2.24) is 0 Å². The average Bonchev–Trinajstić information content (AvgIpc) is 2.40. The zero-order valence-electron chi connectivity index (χ0n) is 11.2. The number of aliphatic hydroxyl groups excluding tert-OH is 1. The summed E-state index contributed by atoms with van der Waals surface area (Å²) >= 11 is 3.29. The molecule has 1 fully saturated rings. The van der Waals surface area contributed by atoms with E-state index in [1.807, 2.05) is 0 Å². The van der Waals surface area contributed by atoms with Crippen molar-refractivity contribution >= 4 is 23.5 Å². The van der Waals surface area contributed by atoms with Gasteiger partial charge < -0.3 is 5.11 Å². The molecule has 0 aliphatic carbocycles. The molecule has 1 N–H and O–H groups in total. The van der Waals surface area contributed by atoms with Gasteiger partial charge in [-0.2, -0.15) is 36.7 Å². The Kier molecular flexibility index (Phi) is 4.97. The summed E-state index contributed by atoms with van der Waals surface area (Å²) in [6, 6.07) is 5.31. The second-order valence-electron chi connectivity index (χ2n) is 4.95. The molecule has 0 aromatic heterocycles. The summed E-state index contributed by atoms with van der Waals surface area (Å²) in [6.07, 6.45) is -5.51. The minimum atomic E-state index is -4.43. The lowest BCUT2D eigenvalue weighted by molar-refractivity contribution is -0.139. The second kappa shape index (κ2) is 6.20. The van der Waals surface area contributed by atoms with Crippen LogP contribution in [0.15, 0.2) is 24.3 Å². The van der Waals surface area contributed by atoms with Gasteiger partial charge >= 0.3 is 6.18 Å². The Balaban J connectivity index is 2.24. The summed E-state index contributed by atoms with van der Waals surface area (Å²) < 4.78 is 39.0. The zero-order chi connectivity index (χ0) is 14.9. The lowest BCUT2D eigenvalue weighted by Gasteiger charge is -2.34. The lowest BCUT2D eigenvalue weighted by atomic mass is 10.00. The minimum absolute atomic E-state index is 0.0140. The zero-order valence-corrected chi connectivity index (χ0v) is 12.9. The highest BCUT2D eigenvalue weighted by Gasteiger charge is 2.38. The van der Waals surface area contributed by atoms with E-state index < -0.39 is 17.8 Å². The monoisotopic (exact) mass is 322 g/mol. The summed E-state index contributed by atoms with van der Waals surface area (Å²) in [7, 11) is 0. The molecule has 0 spiro atoms. The molecule has 0 amide bonds. The van der Waals surface area contributed by atoms with Crippen LogP contribution in [-0.2, 0) is 6.18 Å². The highest BCUT2D eigenvalue weighted by molar-refractivity contribution is 8.07. The van der Waals surface area contributed by atoms with Crippen molar-refractivity contribution in [2.24, 2.45) is 0 Å². The first-order chi connectivity index (χ1) is 9.30. The third-order valence-electron chi connectivity index (χ3n) is 3.51. The molecule has 1 aliphatic rings. The van der Waals surface area contributed by atoms with Crippen molar-refractivity contribution in [2.45, 2.75) is 41.9 Å². The molecule has 0 radical (unpaired) electrons. The molecule has 1 aromatic rings. The van der Waals surface area contributed by atoms with Crippen LogP contribution in [0.5, 0.6) is 0 Å². The molecule has 1 aromatic carbocycles. The van der Waals surface area contributed by atoms with E-state index >= 15 is 0 Å². The maximum absolute atomic E-state index is 13.0. The Morgan fingerprint density at radius 3 is 2.45 bits per heavy atom. The van der Waals surface area contributed by atoms with Gasteiger partial charge in [-0.15, -0.1) is 0 Å². The maximum Gasteiger partial charge on any atom is 0.416 e. The molecule has 1 aliphatic heterocycles. The molecule has 4 atom stereocenters. The predicted octanol–water partition coefficient (Wildman–Crippen LogP) is 4.36. The normalized spacial score (nSPS) is 29.2. The number of thioether (sulfide) groups is 2. The molecule has 2 rings (SSSR count). The van der Waals surface area contributed by atoms with Gasteiger partial charge in [0.15, 0.2) is 0 Å². The van der Waals surface area contributed by atoms with Gasteiger partial charge in [-0.3, -0.25) is 0 Å². The van der Waals surface area contributed by atoms with Crippen LogP contribution in [0.25, 0.3) is 0 Å². The van der Waals surface area contributed by atoms with E-state index in [1.165, 1.54) is 12.1 Å². The van der Waals surface area contributed by atoms with Gasteiger partial charge in [0.05, 0.1) is 11.7 Å². The van der Waals surface area contributed by atoms with Crippen molar-refractivity contribution in [3.8, 4) is 0 Å². The van der Waals surface area contributed by atoms with Gasteiger partial charge in [0.2, 0.25) is 0 Å². The molecule has 112 valence electrons. The lowest BCUT2D eigenvalue weighted by Crippen LogP contribution is -2.31. The van der Waals surface area contributed by atoms with Crippen LogP contribution in [0.4, 0.5) is 13.2 Å². The van der Waals surface area contributed by atoms with Crippen molar-refractivity contribution in [1.29, 1.82) is 0 Å². The third kappa shape index (κ3) is 3.46. The number of halogens is 3. The van der Waals surface area contributed by atoms with Crippen LogP contribution in [0.3, 0.4) is 0 Å². The van der Waals surface area contributed by atoms with Gasteiger partial charge in [0.1, 0.15) is 0 Å². The molecule has 1 saturated heterocycles. The minimum Gasteiger partial charge on any atom is -0.387 e. The summed E-state index contributed by atoms with van der Waals surface area (Å²) in [5, 5.41) is 10.9. The van der Waals surface area contributed by atoms with Crippen LogP contribution in [0.1, 0.15) is 31.1 Å². The topological polar surface area (TPSA) is 20.2 Å². The molecule has 4 unspecified atom stereocenters. The van der Waals surface area contributed by atoms with Crippen molar-refractivity contribution in [2.75, 3.05) is 5.75 Å². The fourth-order valence-corrected chi connectivity index (χ4v) is 5.18. The highest BCUT2D eigenvalue weighted by Crippen LogP contribution is 2.43. The largest absolute Gasteiger partial charge is 0.416 e. The standard InChI is InChI=1S/C14H17F3OS2/c1-8-9(2)20-12(7-19-8)13(18)10-5-3-4-6-11(10)14(15,16)17/h3-6,8-9,12-13,18H,7H2,1-2H3. The Morgan fingerprint density at radius 1 is 1.20 bits per heavy atom. The van der Waals surface area contributed by atoms with Gasteiger partial charge in [-0.25, -0.2) is 0 Å².